The molecule has 0 bridgehead atoms. The number of H-pyrrole nitrogens is 1. The molecular weight excluding hydrogens is 314 g/mol. The van der Waals surface area contributed by atoms with E-state index >= 15 is 0 Å². The molecule has 1 amide bonds. The summed E-state index contributed by atoms with van der Waals surface area (Å²) in [5.74, 6) is 1.42. The molecule has 2 aromatic heterocycles. The van der Waals surface area contributed by atoms with Gasteiger partial charge in [-0.25, -0.2) is 4.98 Å². The zero-order valence-corrected chi connectivity index (χ0v) is 14.4. The van der Waals surface area contributed by atoms with E-state index in [0.717, 1.165) is 56.6 Å². The number of aromatic nitrogens is 3. The molecule has 4 rings (SSSR count). The van der Waals surface area contributed by atoms with E-state index in [-0.39, 0.29) is 12.0 Å². The Balaban J connectivity index is 1.43. The largest absolute Gasteiger partial charge is 0.347 e. The smallest absolute Gasteiger partial charge is 0.225 e. The Hall–Kier alpha value is -2.21. The van der Waals surface area contributed by atoms with Gasteiger partial charge in [0.25, 0.3) is 0 Å². The van der Waals surface area contributed by atoms with Crippen LogP contribution in [0.4, 0.5) is 0 Å². The molecule has 25 heavy (non-hydrogen) atoms. The number of carbonyl (C=O) groups is 1. The molecule has 0 spiro atoms. The van der Waals surface area contributed by atoms with Crippen LogP contribution in [0.25, 0.3) is 0 Å². The molecule has 2 aromatic rings. The number of pyridine rings is 1. The molecule has 3 atom stereocenters. The van der Waals surface area contributed by atoms with Crippen molar-refractivity contribution in [3.63, 3.8) is 0 Å². The van der Waals surface area contributed by atoms with Crippen LogP contribution in [0.15, 0.2) is 36.9 Å². The Morgan fingerprint density at radius 2 is 2.16 bits per heavy atom. The lowest BCUT2D eigenvalue weighted by atomic mass is 10.0. The van der Waals surface area contributed by atoms with Crippen molar-refractivity contribution in [2.24, 2.45) is 5.92 Å². The van der Waals surface area contributed by atoms with Crippen molar-refractivity contribution < 1.29 is 4.79 Å². The molecular formula is C19H25N5O. The first-order valence-corrected chi connectivity index (χ1v) is 9.25. The molecule has 1 aliphatic heterocycles. The minimum absolute atomic E-state index is 0.0191. The number of nitrogens with zero attached hydrogens (tertiary/aromatic N) is 3. The van der Waals surface area contributed by atoms with E-state index in [1.54, 1.807) is 12.4 Å². The van der Waals surface area contributed by atoms with Gasteiger partial charge in [0.05, 0.1) is 6.04 Å². The van der Waals surface area contributed by atoms with Gasteiger partial charge in [0.15, 0.2) is 0 Å². The third kappa shape index (κ3) is 3.58. The Morgan fingerprint density at radius 1 is 1.28 bits per heavy atom. The topological polar surface area (TPSA) is 73.9 Å². The third-order valence-corrected chi connectivity index (χ3v) is 5.41. The Morgan fingerprint density at radius 3 is 2.88 bits per heavy atom. The van der Waals surface area contributed by atoms with Crippen LogP contribution in [0.2, 0.25) is 0 Å². The van der Waals surface area contributed by atoms with E-state index in [0.29, 0.717) is 11.9 Å². The summed E-state index contributed by atoms with van der Waals surface area (Å²) in [6.07, 6.45) is 12.5. The fraction of sp³-hybridized carbons (Fsp3) is 0.526. The van der Waals surface area contributed by atoms with Gasteiger partial charge in [-0.3, -0.25) is 9.78 Å². The van der Waals surface area contributed by atoms with Crippen LogP contribution in [0.5, 0.6) is 0 Å². The van der Waals surface area contributed by atoms with Gasteiger partial charge in [-0.1, -0.05) is 6.07 Å². The van der Waals surface area contributed by atoms with Crippen molar-refractivity contribution in [2.45, 2.75) is 44.2 Å². The normalized spacial score (nSPS) is 24.6. The molecule has 1 saturated carbocycles. The van der Waals surface area contributed by atoms with E-state index in [9.17, 15) is 4.79 Å². The third-order valence-electron chi connectivity index (χ3n) is 5.41. The summed E-state index contributed by atoms with van der Waals surface area (Å²) in [4.78, 5) is 26.6. The molecule has 6 nitrogen and oxygen atoms in total. The number of nitrogens with one attached hydrogen (secondary N) is 2. The first-order chi connectivity index (χ1) is 12.3. The van der Waals surface area contributed by atoms with Crippen molar-refractivity contribution in [1.82, 2.24) is 25.2 Å². The van der Waals surface area contributed by atoms with Crippen molar-refractivity contribution in [2.75, 3.05) is 13.1 Å². The lowest BCUT2D eigenvalue weighted by Crippen LogP contribution is -2.35. The number of aromatic amines is 1. The summed E-state index contributed by atoms with van der Waals surface area (Å²) in [6.45, 7) is 1.89. The van der Waals surface area contributed by atoms with Crippen molar-refractivity contribution in [3.8, 4) is 0 Å². The molecule has 2 aliphatic rings. The number of hydrogen-bond donors (Lipinski definition) is 2. The minimum atomic E-state index is -0.0191. The molecule has 2 N–H and O–H groups in total. The average molecular weight is 339 g/mol. The first kappa shape index (κ1) is 16.3. The van der Waals surface area contributed by atoms with Gasteiger partial charge < -0.3 is 15.2 Å². The van der Waals surface area contributed by atoms with Crippen molar-refractivity contribution in [3.05, 3.63) is 48.3 Å². The zero-order valence-electron chi connectivity index (χ0n) is 14.4. The lowest BCUT2D eigenvalue weighted by Gasteiger charge is -2.23. The van der Waals surface area contributed by atoms with Gasteiger partial charge in [0.2, 0.25) is 5.91 Å². The number of amides is 1. The van der Waals surface area contributed by atoms with Gasteiger partial charge in [-0.05, 0) is 43.7 Å². The summed E-state index contributed by atoms with van der Waals surface area (Å²) in [5.41, 5.74) is 1.09. The Labute approximate surface area is 148 Å². The SMILES string of the molecule is O=C([C@@H]1CC[C@H](NC(c2cccnc2)c2ncc[nH]2)C1)N1CCCC1. The predicted octanol–water partition coefficient (Wildman–Crippen LogP) is 2.27. The standard InChI is InChI=1S/C19H25N5O/c25-19(24-10-1-2-11-24)14-5-6-16(12-14)23-17(18-21-8-9-22-18)15-4-3-7-20-13-15/h3-4,7-9,13-14,16-17,23H,1-2,5-6,10-12H2,(H,21,22)/t14-,16+,17?/m1/s1. The van der Waals surface area contributed by atoms with Crippen LogP contribution in [0, 0.1) is 5.92 Å². The number of carbonyl (C=O) groups excluding carboxylic acids is 1. The number of rotatable bonds is 5. The van der Waals surface area contributed by atoms with Gasteiger partial charge >= 0.3 is 0 Å². The number of likely N-dealkylation sites (tertiary alicyclic amines) is 1. The molecule has 1 aliphatic carbocycles. The first-order valence-electron chi connectivity index (χ1n) is 9.25. The molecule has 0 aromatic carbocycles. The maximum atomic E-state index is 12.6. The highest BCUT2D eigenvalue weighted by Crippen LogP contribution is 2.31. The summed E-state index contributed by atoms with van der Waals surface area (Å²) < 4.78 is 0. The zero-order chi connectivity index (χ0) is 17.1. The quantitative estimate of drug-likeness (QED) is 0.876. The Bertz CT molecular complexity index is 681. The van der Waals surface area contributed by atoms with Crippen molar-refractivity contribution in [1.29, 1.82) is 0 Å². The van der Waals surface area contributed by atoms with Crippen LogP contribution in [0.3, 0.4) is 0 Å². The summed E-state index contributed by atoms with van der Waals surface area (Å²) in [7, 11) is 0. The molecule has 132 valence electrons. The van der Waals surface area contributed by atoms with Gasteiger partial charge in [-0.2, -0.15) is 0 Å². The van der Waals surface area contributed by atoms with Gasteiger partial charge in [0.1, 0.15) is 5.82 Å². The van der Waals surface area contributed by atoms with Gasteiger partial charge in [0, 0.05) is 49.8 Å². The van der Waals surface area contributed by atoms with Crippen LogP contribution in [-0.2, 0) is 4.79 Å². The number of hydrogen-bond acceptors (Lipinski definition) is 4. The Kier molecular flexibility index (Phi) is 4.78. The van der Waals surface area contributed by atoms with E-state index in [4.69, 9.17) is 0 Å². The molecule has 3 heterocycles. The van der Waals surface area contributed by atoms with Crippen molar-refractivity contribution >= 4 is 5.91 Å². The molecule has 1 unspecified atom stereocenters. The lowest BCUT2D eigenvalue weighted by molar-refractivity contribution is -0.134. The summed E-state index contributed by atoms with van der Waals surface area (Å²) >= 11 is 0. The highest BCUT2D eigenvalue weighted by Gasteiger charge is 2.34. The highest BCUT2D eigenvalue weighted by atomic mass is 16.2. The average Bonchev–Trinajstić information content (AvgIpc) is 3.42. The second kappa shape index (κ2) is 7.35. The number of imidazole rings is 1. The van der Waals surface area contributed by atoms with E-state index in [1.165, 1.54) is 0 Å². The summed E-state index contributed by atoms with van der Waals surface area (Å²) in [5, 5.41) is 3.71. The maximum absolute atomic E-state index is 12.6. The van der Waals surface area contributed by atoms with E-state index in [1.807, 2.05) is 18.5 Å². The molecule has 6 heteroatoms. The monoisotopic (exact) mass is 339 g/mol. The molecule has 0 radical (unpaired) electrons. The van der Waals surface area contributed by atoms with Crippen LogP contribution < -0.4 is 5.32 Å². The second-order valence-electron chi connectivity index (χ2n) is 7.10. The van der Waals surface area contributed by atoms with E-state index in [2.05, 4.69) is 31.2 Å². The van der Waals surface area contributed by atoms with Crippen LogP contribution in [0.1, 0.15) is 49.5 Å². The van der Waals surface area contributed by atoms with E-state index < -0.39 is 0 Å². The fourth-order valence-corrected chi connectivity index (χ4v) is 4.10. The van der Waals surface area contributed by atoms with Crippen LogP contribution >= 0.6 is 0 Å². The summed E-state index contributed by atoms with van der Waals surface area (Å²) in [6, 6.07) is 4.32. The van der Waals surface area contributed by atoms with Gasteiger partial charge in [-0.15, -0.1) is 0 Å². The second-order valence-corrected chi connectivity index (χ2v) is 7.10. The maximum Gasteiger partial charge on any atom is 0.225 e. The predicted molar refractivity (Wildman–Crippen MR) is 94.7 cm³/mol. The highest BCUT2D eigenvalue weighted by molar-refractivity contribution is 5.79. The fourth-order valence-electron chi connectivity index (χ4n) is 4.10. The molecule has 1 saturated heterocycles. The van der Waals surface area contributed by atoms with Crippen LogP contribution in [-0.4, -0.2) is 44.9 Å². The minimum Gasteiger partial charge on any atom is -0.347 e. The molecule has 2 fully saturated rings.